The minimum Gasteiger partial charge on any atom is -0.350 e. The van der Waals surface area contributed by atoms with E-state index >= 15 is 0 Å². The fourth-order valence-electron chi connectivity index (χ4n) is 4.72. The van der Waals surface area contributed by atoms with Crippen LogP contribution < -0.4 is 10.9 Å². The summed E-state index contributed by atoms with van der Waals surface area (Å²) in [7, 11) is -3.67. The van der Waals surface area contributed by atoms with E-state index in [2.05, 4.69) is 17.0 Å². The van der Waals surface area contributed by atoms with Gasteiger partial charge in [0.05, 0.1) is 18.1 Å². The third-order valence-corrected chi connectivity index (χ3v) is 7.68. The molecule has 10 heteroatoms. The summed E-state index contributed by atoms with van der Waals surface area (Å²) in [6.07, 6.45) is 11.6. The topological polar surface area (TPSA) is 114 Å². The highest BCUT2D eigenvalue weighted by atomic mass is 32.2. The summed E-state index contributed by atoms with van der Waals surface area (Å²) in [4.78, 5) is 32.5. The Hall–Kier alpha value is -1.49. The van der Waals surface area contributed by atoms with Gasteiger partial charge in [0.25, 0.3) is 0 Å². The van der Waals surface area contributed by atoms with Gasteiger partial charge in [0.15, 0.2) is 6.29 Å². The molecule has 2 fully saturated rings. The number of ether oxygens (including phenoxy) is 1. The molecular weight excluding hydrogens is 482 g/mol. The first-order valence-corrected chi connectivity index (χ1v) is 15.4. The number of carbonyl (C=O) groups excluding carboxylic acids is 2. The van der Waals surface area contributed by atoms with Crippen LogP contribution in [0.1, 0.15) is 91.9 Å². The molecule has 2 aliphatic rings. The van der Waals surface area contributed by atoms with Crippen molar-refractivity contribution in [3.63, 3.8) is 0 Å². The molecule has 0 spiro atoms. The zero-order valence-corrected chi connectivity index (χ0v) is 23.6. The minimum atomic E-state index is -3.67. The molecule has 0 bridgehead atoms. The van der Waals surface area contributed by atoms with Gasteiger partial charge in [-0.15, -0.1) is 4.41 Å². The van der Waals surface area contributed by atoms with Crippen molar-refractivity contribution in [3.8, 4) is 0 Å². The molecule has 36 heavy (non-hydrogen) atoms. The van der Waals surface area contributed by atoms with Gasteiger partial charge in [-0.3, -0.25) is 15.0 Å². The van der Waals surface area contributed by atoms with Gasteiger partial charge in [0.2, 0.25) is 21.8 Å². The van der Waals surface area contributed by atoms with Crippen LogP contribution in [0.5, 0.6) is 0 Å². The third-order valence-electron chi connectivity index (χ3n) is 6.64. The van der Waals surface area contributed by atoms with E-state index < -0.39 is 34.1 Å². The number of hydrazine groups is 1. The Morgan fingerprint density at radius 1 is 1.03 bits per heavy atom. The number of hydrogen-bond acceptors (Lipinski definition) is 6. The number of nitrogens with zero attached hydrogens (tertiary/aromatic N) is 1. The van der Waals surface area contributed by atoms with Crippen LogP contribution in [-0.2, 0) is 29.2 Å². The summed E-state index contributed by atoms with van der Waals surface area (Å²) in [5.41, 5.74) is 6.49. The van der Waals surface area contributed by atoms with E-state index in [0.717, 1.165) is 49.2 Å². The first-order valence-electron chi connectivity index (χ1n) is 13.5. The van der Waals surface area contributed by atoms with Crippen molar-refractivity contribution in [3.05, 3.63) is 11.6 Å². The van der Waals surface area contributed by atoms with Crippen LogP contribution in [0.25, 0.3) is 0 Å². The molecule has 0 aromatic heterocycles. The van der Waals surface area contributed by atoms with Gasteiger partial charge in [-0.1, -0.05) is 45.8 Å². The molecule has 9 nitrogen and oxygen atoms in total. The normalized spacial score (nSPS) is 20.9. The van der Waals surface area contributed by atoms with Gasteiger partial charge in [0, 0.05) is 19.6 Å². The predicted molar refractivity (Wildman–Crippen MR) is 140 cm³/mol. The largest absolute Gasteiger partial charge is 0.350 e. The molecule has 1 heterocycles. The monoisotopic (exact) mass is 529 g/mol. The Kier molecular flexibility index (Phi) is 12.8. The summed E-state index contributed by atoms with van der Waals surface area (Å²) in [5, 5.41) is 0. The third kappa shape index (κ3) is 10.9. The van der Waals surface area contributed by atoms with Crippen molar-refractivity contribution in [2.24, 2.45) is 23.7 Å². The van der Waals surface area contributed by atoms with Crippen LogP contribution in [0, 0.1) is 23.7 Å². The fraction of sp³-hybridized carbons (Fsp3) is 0.846. The second kappa shape index (κ2) is 15.1. The van der Waals surface area contributed by atoms with Crippen LogP contribution in [0.4, 0.5) is 0 Å². The fourth-order valence-corrected chi connectivity index (χ4v) is 5.55. The Bertz CT molecular complexity index is 829. The van der Waals surface area contributed by atoms with Crippen molar-refractivity contribution < 1.29 is 27.6 Å². The van der Waals surface area contributed by atoms with E-state index in [4.69, 9.17) is 9.57 Å². The van der Waals surface area contributed by atoms with Gasteiger partial charge in [0.1, 0.15) is 0 Å². The van der Waals surface area contributed by atoms with Crippen molar-refractivity contribution in [2.45, 2.75) is 98.2 Å². The maximum Gasteiger partial charge on any atom is 0.247 e. The summed E-state index contributed by atoms with van der Waals surface area (Å²) >= 11 is 0. The molecular formula is C26H47N3O6S. The summed E-state index contributed by atoms with van der Waals surface area (Å²) < 4.78 is 31.3. The quantitative estimate of drug-likeness (QED) is 0.275. The second-order valence-corrected chi connectivity index (χ2v) is 13.0. The lowest BCUT2D eigenvalue weighted by Gasteiger charge is -2.30. The maximum absolute atomic E-state index is 13.5. The van der Waals surface area contributed by atoms with Crippen molar-refractivity contribution >= 4 is 21.8 Å². The molecule has 2 rings (SSSR count). The van der Waals surface area contributed by atoms with Gasteiger partial charge in [-0.05, 0) is 63.2 Å². The Balaban J connectivity index is 2.26. The van der Waals surface area contributed by atoms with E-state index in [1.807, 2.05) is 27.7 Å². The average molecular weight is 530 g/mol. The highest BCUT2D eigenvalue weighted by molar-refractivity contribution is 7.88. The lowest BCUT2D eigenvalue weighted by atomic mass is 9.81. The van der Waals surface area contributed by atoms with Crippen molar-refractivity contribution in [2.75, 3.05) is 19.4 Å². The van der Waals surface area contributed by atoms with Gasteiger partial charge in [-0.2, -0.15) is 0 Å². The van der Waals surface area contributed by atoms with E-state index in [0.29, 0.717) is 25.9 Å². The first-order chi connectivity index (χ1) is 17.0. The van der Waals surface area contributed by atoms with Gasteiger partial charge in [-0.25, -0.2) is 18.7 Å². The Morgan fingerprint density at radius 2 is 1.72 bits per heavy atom. The van der Waals surface area contributed by atoms with E-state index in [1.54, 1.807) is 0 Å². The molecule has 2 amide bonds. The lowest BCUT2D eigenvalue weighted by Crippen LogP contribution is -2.52. The number of carbonyl (C=O) groups is 2. The lowest BCUT2D eigenvalue weighted by molar-refractivity contribution is -0.203. The second-order valence-electron chi connectivity index (χ2n) is 11.0. The number of rotatable bonds is 13. The van der Waals surface area contributed by atoms with Crippen LogP contribution in [0.3, 0.4) is 0 Å². The number of hydroxylamine groups is 1. The molecule has 0 aromatic rings. The molecule has 0 aromatic carbocycles. The van der Waals surface area contributed by atoms with Crippen LogP contribution in [0.2, 0.25) is 0 Å². The van der Waals surface area contributed by atoms with E-state index in [1.165, 1.54) is 12.0 Å². The maximum atomic E-state index is 13.5. The standard InChI is InChI=1S/C26H47N3O6S/c1-19(2)17-23(25(30)27-29(18-20(3)4)36(5,32)33)22(15-14-21-11-7-6-8-12-21)26(31)28-35-24-13-9-10-16-34-24/h14,19-20,22-24H,6-13,15-18H2,1-5H3,(H,27,30)(H,28,31)/t22-,23+,24?/m0/s1. The molecule has 1 saturated heterocycles. The number of sulfonamides is 1. The van der Waals surface area contributed by atoms with Crippen molar-refractivity contribution in [1.82, 2.24) is 15.3 Å². The van der Waals surface area contributed by atoms with E-state index in [-0.39, 0.29) is 24.3 Å². The molecule has 0 radical (unpaired) electrons. The van der Waals surface area contributed by atoms with E-state index in [9.17, 15) is 18.0 Å². The molecule has 208 valence electrons. The predicted octanol–water partition coefficient (Wildman–Crippen LogP) is 4.07. The van der Waals surface area contributed by atoms with Crippen LogP contribution in [-0.4, -0.2) is 50.3 Å². The molecule has 1 aliphatic heterocycles. The Morgan fingerprint density at radius 3 is 2.28 bits per heavy atom. The molecule has 1 saturated carbocycles. The SMILES string of the molecule is CC(C)C[C@@H](C(=O)NN(CC(C)C)S(C)(=O)=O)[C@H](CC=C1CCCCC1)C(=O)NOC1CCCCO1. The van der Waals surface area contributed by atoms with Crippen LogP contribution in [0.15, 0.2) is 11.6 Å². The summed E-state index contributed by atoms with van der Waals surface area (Å²) in [6.45, 7) is 8.49. The zero-order chi connectivity index (χ0) is 26.7. The number of allylic oxidation sites excluding steroid dienone is 2. The van der Waals surface area contributed by atoms with Crippen molar-refractivity contribution in [1.29, 1.82) is 0 Å². The highest BCUT2D eigenvalue weighted by Gasteiger charge is 2.36. The van der Waals surface area contributed by atoms with Gasteiger partial charge >= 0.3 is 0 Å². The summed E-state index contributed by atoms with van der Waals surface area (Å²) in [6, 6.07) is 0. The Labute approximate surface area is 217 Å². The molecule has 1 aliphatic carbocycles. The summed E-state index contributed by atoms with van der Waals surface area (Å²) in [5.74, 6) is -2.14. The van der Waals surface area contributed by atoms with Gasteiger partial charge < -0.3 is 4.74 Å². The first kappa shape index (κ1) is 30.7. The average Bonchev–Trinajstić information content (AvgIpc) is 2.82. The number of amides is 2. The zero-order valence-electron chi connectivity index (χ0n) is 22.8. The number of hydrogen-bond donors (Lipinski definition) is 2. The molecule has 3 atom stereocenters. The minimum absolute atomic E-state index is 0.0163. The molecule has 1 unspecified atom stereocenters. The highest BCUT2D eigenvalue weighted by Crippen LogP contribution is 2.29. The smallest absolute Gasteiger partial charge is 0.247 e. The molecule has 2 N–H and O–H groups in total. The van der Waals surface area contributed by atoms with Crippen LogP contribution >= 0.6 is 0 Å². The number of nitrogens with one attached hydrogen (secondary N) is 2.